The van der Waals surface area contributed by atoms with E-state index >= 15 is 0 Å². The first-order valence-electron chi connectivity index (χ1n) is 7.76. The van der Waals surface area contributed by atoms with Crippen LogP contribution in [0.1, 0.15) is 38.7 Å². The number of hydrogen-bond donors (Lipinski definition) is 1. The molecule has 3 nitrogen and oxygen atoms in total. The van der Waals surface area contributed by atoms with Gasteiger partial charge in [0.1, 0.15) is 6.61 Å². The molecule has 1 unspecified atom stereocenters. The Morgan fingerprint density at radius 3 is 2.86 bits per heavy atom. The second-order valence-corrected chi connectivity index (χ2v) is 5.87. The summed E-state index contributed by atoms with van der Waals surface area (Å²) >= 11 is 0. The molecule has 22 heavy (non-hydrogen) atoms. The van der Waals surface area contributed by atoms with E-state index in [2.05, 4.69) is 37.1 Å². The number of nitrogens with one attached hydrogen (secondary N) is 1. The average molecular weight is 297 g/mol. The summed E-state index contributed by atoms with van der Waals surface area (Å²) in [6.45, 7) is 4.54. The van der Waals surface area contributed by atoms with Crippen LogP contribution in [0.4, 0.5) is 0 Å². The zero-order chi connectivity index (χ0) is 15.8. The fraction of sp³-hybridized carbons (Fsp3) is 0.421. The molecule has 1 aliphatic rings. The van der Waals surface area contributed by atoms with Gasteiger partial charge < -0.3 is 10.1 Å². The minimum atomic E-state index is -0.451. The molecule has 0 saturated heterocycles. The molecular weight excluding hydrogens is 274 g/mol. The number of hydrogen-bond acceptors (Lipinski definition) is 3. The molecule has 2 rings (SSSR count). The third-order valence-corrected chi connectivity index (χ3v) is 3.68. The van der Waals surface area contributed by atoms with Gasteiger partial charge in [0.25, 0.3) is 0 Å². The molecule has 1 aliphatic heterocycles. The van der Waals surface area contributed by atoms with Crippen molar-refractivity contribution in [2.24, 2.45) is 5.92 Å². The number of esters is 1. The molecule has 0 fully saturated rings. The number of carbonyl (C=O) groups excluding carboxylic acids is 1. The van der Waals surface area contributed by atoms with Crippen LogP contribution in [0.25, 0.3) is 0 Å². The highest BCUT2D eigenvalue weighted by atomic mass is 16.5. The predicted octanol–water partition coefficient (Wildman–Crippen LogP) is 3.42. The smallest absolute Gasteiger partial charge is 0.384 e. The third-order valence-electron chi connectivity index (χ3n) is 3.68. The molecule has 1 aromatic rings. The summed E-state index contributed by atoms with van der Waals surface area (Å²) < 4.78 is 5.12. The van der Waals surface area contributed by atoms with Crippen molar-refractivity contribution in [2.45, 2.75) is 45.8 Å². The maximum atomic E-state index is 11.6. The maximum absolute atomic E-state index is 11.6. The zero-order valence-electron chi connectivity index (χ0n) is 13.3. The van der Waals surface area contributed by atoms with Crippen molar-refractivity contribution in [2.75, 3.05) is 0 Å². The maximum Gasteiger partial charge on any atom is 0.384 e. The highest BCUT2D eigenvalue weighted by Crippen LogP contribution is 2.17. The van der Waals surface area contributed by atoms with Gasteiger partial charge in [-0.2, -0.15) is 0 Å². The van der Waals surface area contributed by atoms with E-state index in [9.17, 15) is 4.79 Å². The van der Waals surface area contributed by atoms with Crippen molar-refractivity contribution in [1.82, 2.24) is 5.32 Å². The molecule has 1 aromatic carbocycles. The fourth-order valence-electron chi connectivity index (χ4n) is 2.54. The Morgan fingerprint density at radius 2 is 2.18 bits per heavy atom. The van der Waals surface area contributed by atoms with Crippen molar-refractivity contribution in [3.05, 3.63) is 47.7 Å². The first kappa shape index (κ1) is 16.2. The minimum absolute atomic E-state index is 0.279. The summed E-state index contributed by atoms with van der Waals surface area (Å²) in [4.78, 5) is 11.6. The Balaban J connectivity index is 1.66. The third kappa shape index (κ3) is 5.65. The number of ether oxygens (including phenoxy) is 1. The molecule has 0 spiro atoms. The van der Waals surface area contributed by atoms with E-state index in [-0.39, 0.29) is 6.61 Å². The van der Waals surface area contributed by atoms with Crippen LogP contribution >= 0.6 is 0 Å². The number of carbonyl (C=O) groups is 1. The summed E-state index contributed by atoms with van der Waals surface area (Å²) in [6.07, 6.45) is 5.10. The summed E-state index contributed by atoms with van der Waals surface area (Å²) in [5.74, 6) is 5.52. The lowest BCUT2D eigenvalue weighted by Crippen LogP contribution is -2.23. The second kappa shape index (κ2) is 8.29. The van der Waals surface area contributed by atoms with E-state index < -0.39 is 5.97 Å². The van der Waals surface area contributed by atoms with Crippen molar-refractivity contribution >= 4 is 5.97 Å². The van der Waals surface area contributed by atoms with Gasteiger partial charge in [-0.15, -0.1) is 0 Å². The molecular formula is C19H23NO2. The first-order chi connectivity index (χ1) is 10.6. The molecule has 0 saturated carbocycles. The lowest BCUT2D eigenvalue weighted by Gasteiger charge is -2.16. The molecule has 2 atom stereocenters. The normalized spacial score (nSPS) is 17.7. The van der Waals surface area contributed by atoms with Crippen LogP contribution in [-0.2, 0) is 16.1 Å². The molecule has 0 amide bonds. The Morgan fingerprint density at radius 1 is 1.41 bits per heavy atom. The van der Waals surface area contributed by atoms with Gasteiger partial charge in [-0.25, -0.2) is 4.79 Å². The molecule has 0 aromatic heterocycles. The SMILES string of the molecule is CC1=CCC(C[C@H](C)CC#CC(=O)OCc2ccccc2)N1. The van der Waals surface area contributed by atoms with Gasteiger partial charge in [0.2, 0.25) is 0 Å². The van der Waals surface area contributed by atoms with E-state index in [4.69, 9.17) is 4.74 Å². The Kier molecular flexibility index (Phi) is 6.09. The van der Waals surface area contributed by atoms with Crippen LogP contribution in [-0.4, -0.2) is 12.0 Å². The van der Waals surface area contributed by atoms with E-state index in [1.807, 2.05) is 30.3 Å². The number of allylic oxidation sites excluding steroid dienone is 1. The number of benzene rings is 1. The molecule has 1 heterocycles. The molecule has 1 N–H and O–H groups in total. The topological polar surface area (TPSA) is 38.3 Å². The van der Waals surface area contributed by atoms with E-state index in [0.717, 1.165) is 24.8 Å². The lowest BCUT2D eigenvalue weighted by molar-refractivity contribution is -0.137. The van der Waals surface area contributed by atoms with Gasteiger partial charge in [0, 0.05) is 24.1 Å². The van der Waals surface area contributed by atoms with Crippen LogP contribution < -0.4 is 5.32 Å². The summed E-state index contributed by atoms with van der Waals surface area (Å²) in [7, 11) is 0. The van der Waals surface area contributed by atoms with Crippen LogP contribution in [0.3, 0.4) is 0 Å². The van der Waals surface area contributed by atoms with Gasteiger partial charge in [-0.3, -0.25) is 0 Å². The van der Waals surface area contributed by atoms with Crippen molar-refractivity contribution in [1.29, 1.82) is 0 Å². The summed E-state index contributed by atoms with van der Waals surface area (Å²) in [6, 6.07) is 10.1. The van der Waals surface area contributed by atoms with Crippen LogP contribution in [0.5, 0.6) is 0 Å². The molecule has 0 aliphatic carbocycles. The standard InChI is InChI=1S/C19H23NO2/c1-15(13-18-12-11-16(2)20-18)7-6-10-19(21)22-14-17-8-4-3-5-9-17/h3-5,8-9,11,15,18,20H,7,12-14H2,1-2H3/t15-,18?/m1/s1. The van der Waals surface area contributed by atoms with Crippen LogP contribution in [0.15, 0.2) is 42.1 Å². The largest absolute Gasteiger partial charge is 0.451 e. The van der Waals surface area contributed by atoms with Gasteiger partial charge >= 0.3 is 5.97 Å². The second-order valence-electron chi connectivity index (χ2n) is 5.87. The predicted molar refractivity (Wildman–Crippen MR) is 87.7 cm³/mol. The zero-order valence-corrected chi connectivity index (χ0v) is 13.3. The quantitative estimate of drug-likeness (QED) is 0.514. The van der Waals surface area contributed by atoms with Gasteiger partial charge in [-0.1, -0.05) is 49.3 Å². The van der Waals surface area contributed by atoms with Crippen LogP contribution in [0.2, 0.25) is 0 Å². The molecule has 0 radical (unpaired) electrons. The van der Waals surface area contributed by atoms with Gasteiger partial charge in [0.05, 0.1) is 0 Å². The van der Waals surface area contributed by atoms with Crippen molar-refractivity contribution < 1.29 is 9.53 Å². The lowest BCUT2D eigenvalue weighted by atomic mass is 9.98. The van der Waals surface area contributed by atoms with Crippen molar-refractivity contribution in [3.8, 4) is 11.8 Å². The first-order valence-corrected chi connectivity index (χ1v) is 7.76. The van der Waals surface area contributed by atoms with Gasteiger partial charge in [-0.05, 0) is 31.2 Å². The highest BCUT2D eigenvalue weighted by Gasteiger charge is 2.15. The minimum Gasteiger partial charge on any atom is -0.451 e. The van der Waals surface area contributed by atoms with E-state index in [1.165, 1.54) is 5.70 Å². The molecule has 0 bridgehead atoms. The van der Waals surface area contributed by atoms with Crippen LogP contribution in [0, 0.1) is 17.8 Å². The Labute approximate surface area is 132 Å². The highest BCUT2D eigenvalue weighted by molar-refractivity contribution is 5.88. The number of rotatable bonds is 5. The van der Waals surface area contributed by atoms with Crippen molar-refractivity contribution in [3.63, 3.8) is 0 Å². The Bertz CT molecular complexity index is 580. The fourth-order valence-corrected chi connectivity index (χ4v) is 2.54. The molecule has 3 heteroatoms. The van der Waals surface area contributed by atoms with Gasteiger partial charge in [0.15, 0.2) is 0 Å². The molecule has 116 valence electrons. The summed E-state index contributed by atoms with van der Waals surface area (Å²) in [5, 5.41) is 3.44. The van der Waals surface area contributed by atoms with E-state index in [1.54, 1.807) is 0 Å². The van der Waals surface area contributed by atoms with E-state index in [0.29, 0.717) is 12.0 Å². The monoisotopic (exact) mass is 297 g/mol. The summed E-state index contributed by atoms with van der Waals surface area (Å²) in [5.41, 5.74) is 2.23. The Hall–Kier alpha value is -2.21. The average Bonchev–Trinajstić information content (AvgIpc) is 2.91.